The van der Waals surface area contributed by atoms with Gasteiger partial charge in [0.2, 0.25) is 5.91 Å². The minimum absolute atomic E-state index is 0.0926. The van der Waals surface area contributed by atoms with Crippen LogP contribution in [0.1, 0.15) is 34.3 Å². The van der Waals surface area contributed by atoms with E-state index in [1.54, 1.807) is 6.07 Å². The zero-order valence-corrected chi connectivity index (χ0v) is 12.0. The smallest absolute Gasteiger partial charge is 0.251 e. The molecule has 2 rings (SSSR count). The number of benzene rings is 1. The SMILES string of the molecule is Cc1cc(C)c(C(=O)NCCNC(=O)C2CC2)cc1N. The molecule has 0 atom stereocenters. The van der Waals surface area contributed by atoms with Gasteiger partial charge in [0.05, 0.1) is 0 Å². The molecule has 0 radical (unpaired) electrons. The molecule has 20 heavy (non-hydrogen) atoms. The predicted molar refractivity (Wildman–Crippen MR) is 78.4 cm³/mol. The van der Waals surface area contributed by atoms with Gasteiger partial charge in [-0.25, -0.2) is 0 Å². The molecule has 0 heterocycles. The second kappa shape index (κ2) is 5.94. The molecule has 0 spiro atoms. The molecule has 2 amide bonds. The lowest BCUT2D eigenvalue weighted by atomic mass is 10.0. The minimum Gasteiger partial charge on any atom is -0.398 e. The van der Waals surface area contributed by atoms with Crippen molar-refractivity contribution in [3.63, 3.8) is 0 Å². The van der Waals surface area contributed by atoms with Crippen LogP contribution in [0.5, 0.6) is 0 Å². The van der Waals surface area contributed by atoms with Crippen LogP contribution in [0.15, 0.2) is 12.1 Å². The van der Waals surface area contributed by atoms with Gasteiger partial charge < -0.3 is 16.4 Å². The molecule has 1 aromatic carbocycles. The number of rotatable bonds is 5. The fourth-order valence-corrected chi connectivity index (χ4v) is 2.06. The Bertz CT molecular complexity index is 536. The third-order valence-corrected chi connectivity index (χ3v) is 3.52. The van der Waals surface area contributed by atoms with E-state index < -0.39 is 0 Å². The summed E-state index contributed by atoms with van der Waals surface area (Å²) < 4.78 is 0. The largest absolute Gasteiger partial charge is 0.398 e. The lowest BCUT2D eigenvalue weighted by Crippen LogP contribution is -2.35. The number of hydrogen-bond donors (Lipinski definition) is 3. The zero-order chi connectivity index (χ0) is 14.7. The molecule has 4 N–H and O–H groups in total. The summed E-state index contributed by atoms with van der Waals surface area (Å²) in [5.74, 6) is 0.134. The summed E-state index contributed by atoms with van der Waals surface area (Å²) in [6.45, 7) is 4.68. The third-order valence-electron chi connectivity index (χ3n) is 3.52. The van der Waals surface area contributed by atoms with Crippen molar-refractivity contribution in [1.82, 2.24) is 10.6 Å². The number of carbonyl (C=O) groups excluding carboxylic acids is 2. The topological polar surface area (TPSA) is 84.2 Å². The van der Waals surface area contributed by atoms with Crippen LogP contribution in [0.25, 0.3) is 0 Å². The van der Waals surface area contributed by atoms with E-state index in [0.29, 0.717) is 24.3 Å². The summed E-state index contributed by atoms with van der Waals surface area (Å²) in [5, 5.41) is 5.60. The average Bonchev–Trinajstić information content (AvgIpc) is 3.22. The Labute approximate surface area is 118 Å². The molecule has 1 aliphatic carbocycles. The number of nitrogens with one attached hydrogen (secondary N) is 2. The number of anilines is 1. The summed E-state index contributed by atoms with van der Waals surface area (Å²) in [6, 6.07) is 3.60. The first-order valence-corrected chi connectivity index (χ1v) is 6.91. The highest BCUT2D eigenvalue weighted by Gasteiger charge is 2.28. The molecule has 0 aliphatic heterocycles. The van der Waals surface area contributed by atoms with Gasteiger partial charge in [-0.1, -0.05) is 6.07 Å². The van der Waals surface area contributed by atoms with Gasteiger partial charge in [-0.05, 0) is 43.9 Å². The Morgan fingerprint density at radius 1 is 1.15 bits per heavy atom. The van der Waals surface area contributed by atoms with E-state index >= 15 is 0 Å². The van der Waals surface area contributed by atoms with Crippen molar-refractivity contribution in [2.75, 3.05) is 18.8 Å². The Kier molecular flexibility index (Phi) is 4.27. The van der Waals surface area contributed by atoms with Gasteiger partial charge in [-0.15, -0.1) is 0 Å². The van der Waals surface area contributed by atoms with E-state index in [-0.39, 0.29) is 17.7 Å². The van der Waals surface area contributed by atoms with Crippen LogP contribution in [-0.4, -0.2) is 24.9 Å². The highest BCUT2D eigenvalue weighted by Crippen LogP contribution is 2.28. The molecule has 0 bridgehead atoms. The van der Waals surface area contributed by atoms with Gasteiger partial charge in [0.15, 0.2) is 0 Å². The van der Waals surface area contributed by atoms with Gasteiger partial charge in [0, 0.05) is 30.3 Å². The normalized spacial score (nSPS) is 13.9. The maximum Gasteiger partial charge on any atom is 0.251 e. The summed E-state index contributed by atoms with van der Waals surface area (Å²) in [5.41, 5.74) is 8.89. The van der Waals surface area contributed by atoms with Crippen LogP contribution < -0.4 is 16.4 Å². The summed E-state index contributed by atoms with van der Waals surface area (Å²) in [7, 11) is 0. The number of aryl methyl sites for hydroxylation is 2. The molecule has 1 aromatic rings. The maximum atomic E-state index is 12.0. The second-order valence-electron chi connectivity index (χ2n) is 5.34. The summed E-state index contributed by atoms with van der Waals surface area (Å²) >= 11 is 0. The molecule has 0 aromatic heterocycles. The zero-order valence-electron chi connectivity index (χ0n) is 12.0. The Balaban J connectivity index is 1.82. The first-order chi connectivity index (χ1) is 9.49. The van der Waals surface area contributed by atoms with Crippen molar-refractivity contribution in [1.29, 1.82) is 0 Å². The molecule has 0 unspecified atom stereocenters. The average molecular weight is 275 g/mol. The number of nitrogens with two attached hydrogens (primary N) is 1. The first kappa shape index (κ1) is 14.4. The van der Waals surface area contributed by atoms with Crippen molar-refractivity contribution < 1.29 is 9.59 Å². The van der Waals surface area contributed by atoms with Crippen molar-refractivity contribution >= 4 is 17.5 Å². The van der Waals surface area contributed by atoms with Gasteiger partial charge in [-0.2, -0.15) is 0 Å². The highest BCUT2D eigenvalue weighted by molar-refractivity contribution is 5.96. The summed E-state index contributed by atoms with van der Waals surface area (Å²) in [4.78, 5) is 23.5. The molecule has 1 fully saturated rings. The predicted octanol–water partition coefficient (Wildman–Crippen LogP) is 1.14. The van der Waals surface area contributed by atoms with Crippen LogP contribution in [0.2, 0.25) is 0 Å². The lowest BCUT2D eigenvalue weighted by Gasteiger charge is -2.10. The van der Waals surface area contributed by atoms with Crippen LogP contribution in [0.4, 0.5) is 5.69 Å². The molecule has 5 nitrogen and oxygen atoms in total. The maximum absolute atomic E-state index is 12.0. The van der Waals surface area contributed by atoms with Gasteiger partial charge in [-0.3, -0.25) is 9.59 Å². The van der Waals surface area contributed by atoms with Gasteiger partial charge >= 0.3 is 0 Å². The van der Waals surface area contributed by atoms with E-state index in [0.717, 1.165) is 24.0 Å². The molecular weight excluding hydrogens is 254 g/mol. The van der Waals surface area contributed by atoms with E-state index in [2.05, 4.69) is 10.6 Å². The van der Waals surface area contributed by atoms with Crippen LogP contribution in [0, 0.1) is 19.8 Å². The van der Waals surface area contributed by atoms with Crippen LogP contribution in [-0.2, 0) is 4.79 Å². The van der Waals surface area contributed by atoms with Crippen molar-refractivity contribution in [2.24, 2.45) is 5.92 Å². The molecule has 1 saturated carbocycles. The minimum atomic E-state index is -0.158. The number of amides is 2. The second-order valence-corrected chi connectivity index (χ2v) is 5.34. The standard InChI is InChI=1S/C15H21N3O2/c1-9-7-10(2)13(16)8-12(9)15(20)18-6-5-17-14(19)11-3-4-11/h7-8,11H,3-6,16H2,1-2H3,(H,17,19)(H,18,20). The quantitative estimate of drug-likeness (QED) is 0.556. The van der Waals surface area contributed by atoms with Gasteiger partial charge in [0.25, 0.3) is 5.91 Å². The van der Waals surface area contributed by atoms with Gasteiger partial charge in [0.1, 0.15) is 0 Å². The van der Waals surface area contributed by atoms with Crippen LogP contribution in [0.3, 0.4) is 0 Å². The highest BCUT2D eigenvalue weighted by atomic mass is 16.2. The number of nitrogen functional groups attached to an aromatic ring is 1. The molecule has 1 aliphatic rings. The fraction of sp³-hybridized carbons (Fsp3) is 0.467. The number of hydrogen-bond acceptors (Lipinski definition) is 3. The fourth-order valence-electron chi connectivity index (χ4n) is 2.06. The molecular formula is C15H21N3O2. The number of carbonyl (C=O) groups is 2. The van der Waals surface area contributed by atoms with E-state index in [9.17, 15) is 9.59 Å². The lowest BCUT2D eigenvalue weighted by molar-refractivity contribution is -0.122. The van der Waals surface area contributed by atoms with E-state index in [4.69, 9.17) is 5.73 Å². The van der Waals surface area contributed by atoms with Crippen molar-refractivity contribution in [3.05, 3.63) is 28.8 Å². The van der Waals surface area contributed by atoms with E-state index in [1.807, 2.05) is 19.9 Å². The van der Waals surface area contributed by atoms with E-state index in [1.165, 1.54) is 0 Å². The molecule has 5 heteroatoms. The first-order valence-electron chi connectivity index (χ1n) is 6.91. The third kappa shape index (κ3) is 3.50. The van der Waals surface area contributed by atoms with Crippen LogP contribution >= 0.6 is 0 Å². The van der Waals surface area contributed by atoms with Crippen molar-refractivity contribution in [2.45, 2.75) is 26.7 Å². The summed E-state index contributed by atoms with van der Waals surface area (Å²) in [6.07, 6.45) is 1.97. The molecule has 0 saturated heterocycles. The Hall–Kier alpha value is -2.04. The Morgan fingerprint density at radius 3 is 2.45 bits per heavy atom. The van der Waals surface area contributed by atoms with Crippen molar-refractivity contribution in [3.8, 4) is 0 Å². The Morgan fingerprint density at radius 2 is 1.80 bits per heavy atom. The monoisotopic (exact) mass is 275 g/mol. The molecule has 108 valence electrons.